The van der Waals surface area contributed by atoms with Gasteiger partial charge in [-0.3, -0.25) is 14.9 Å². The van der Waals surface area contributed by atoms with Gasteiger partial charge in [-0.05, 0) is 24.3 Å². The van der Waals surface area contributed by atoms with Crippen LogP contribution in [-0.2, 0) is 0 Å². The molecule has 3 heterocycles. The highest BCUT2D eigenvalue weighted by molar-refractivity contribution is 7.21. The van der Waals surface area contributed by atoms with Crippen LogP contribution in [-0.4, -0.2) is 14.6 Å². The summed E-state index contributed by atoms with van der Waals surface area (Å²) in [5.41, 5.74) is 2.74. The smallest absolute Gasteiger partial charge is 0.269 e. The van der Waals surface area contributed by atoms with E-state index in [4.69, 9.17) is 0 Å². The molecule has 0 aromatic carbocycles. The van der Waals surface area contributed by atoms with Crippen LogP contribution in [0.1, 0.15) is 0 Å². The SMILES string of the molecule is O=c1nc(Nn2cccc2)sc2ncccc12. The lowest BCUT2D eigenvalue weighted by Gasteiger charge is -2.05. The molecule has 0 bridgehead atoms. The maximum atomic E-state index is 11.7. The van der Waals surface area contributed by atoms with Gasteiger partial charge in [-0.25, -0.2) is 4.98 Å². The molecule has 3 aromatic rings. The summed E-state index contributed by atoms with van der Waals surface area (Å²) in [7, 11) is 0. The minimum absolute atomic E-state index is 0.262. The number of aromatic nitrogens is 3. The maximum absolute atomic E-state index is 11.7. The van der Waals surface area contributed by atoms with Crippen LogP contribution in [0.2, 0.25) is 0 Å². The second-order valence-corrected chi connectivity index (χ2v) is 4.36. The highest BCUT2D eigenvalue weighted by atomic mass is 32.1. The molecule has 5 nitrogen and oxygen atoms in total. The van der Waals surface area contributed by atoms with E-state index in [-0.39, 0.29) is 5.56 Å². The number of rotatable bonds is 2. The zero-order valence-electron chi connectivity index (χ0n) is 8.70. The Morgan fingerprint density at radius 2 is 2.06 bits per heavy atom. The zero-order chi connectivity index (χ0) is 11.7. The number of fused-ring (bicyclic) bond motifs is 1. The van der Waals surface area contributed by atoms with Gasteiger partial charge in [0, 0.05) is 18.6 Å². The Bertz CT molecular complexity index is 705. The Morgan fingerprint density at radius 1 is 1.24 bits per heavy atom. The molecule has 84 valence electrons. The van der Waals surface area contributed by atoms with Gasteiger partial charge in [0.15, 0.2) is 0 Å². The first-order valence-corrected chi connectivity index (χ1v) is 5.80. The van der Waals surface area contributed by atoms with Gasteiger partial charge in [0.05, 0.1) is 5.39 Å². The molecule has 0 amide bonds. The summed E-state index contributed by atoms with van der Waals surface area (Å²) in [5, 5.41) is 1.08. The van der Waals surface area contributed by atoms with Gasteiger partial charge in [0.25, 0.3) is 5.56 Å². The van der Waals surface area contributed by atoms with Crippen LogP contribution in [0.4, 0.5) is 5.13 Å². The summed E-state index contributed by atoms with van der Waals surface area (Å²) in [6.07, 6.45) is 5.33. The van der Waals surface area contributed by atoms with Crippen LogP contribution in [0.25, 0.3) is 10.2 Å². The van der Waals surface area contributed by atoms with Gasteiger partial charge in [-0.15, -0.1) is 0 Å². The van der Waals surface area contributed by atoms with Crippen molar-refractivity contribution in [3.63, 3.8) is 0 Å². The lowest BCUT2D eigenvalue weighted by Crippen LogP contribution is -2.12. The van der Waals surface area contributed by atoms with Crippen molar-refractivity contribution in [2.24, 2.45) is 0 Å². The van der Waals surface area contributed by atoms with Crippen molar-refractivity contribution in [3.8, 4) is 0 Å². The fraction of sp³-hybridized carbons (Fsp3) is 0. The van der Waals surface area contributed by atoms with Crippen LogP contribution in [0.5, 0.6) is 0 Å². The standard InChI is InChI=1S/C11H8N4OS/c16-9-8-4-3-5-12-10(8)17-11(13-9)14-15-6-1-2-7-15/h1-7H,(H,13,14,16). The molecule has 0 radical (unpaired) electrons. The highest BCUT2D eigenvalue weighted by Gasteiger charge is 2.04. The molecular formula is C11H8N4OS. The first-order valence-electron chi connectivity index (χ1n) is 4.99. The summed E-state index contributed by atoms with van der Waals surface area (Å²) in [4.78, 5) is 20.5. The first-order chi connectivity index (χ1) is 8.33. The van der Waals surface area contributed by atoms with Crippen molar-refractivity contribution in [3.05, 3.63) is 53.2 Å². The first kappa shape index (κ1) is 9.98. The Kier molecular flexibility index (Phi) is 2.34. The number of hydrogen-bond acceptors (Lipinski definition) is 5. The largest absolute Gasteiger partial charge is 0.282 e. The van der Waals surface area contributed by atoms with Crippen molar-refractivity contribution in [1.29, 1.82) is 0 Å². The predicted octanol–water partition coefficient (Wildman–Crippen LogP) is 1.73. The molecule has 0 saturated heterocycles. The Balaban J connectivity index is 2.10. The number of nitrogens with zero attached hydrogens (tertiary/aromatic N) is 3. The number of nitrogens with one attached hydrogen (secondary N) is 1. The molecule has 17 heavy (non-hydrogen) atoms. The van der Waals surface area contributed by atoms with Crippen LogP contribution in [0.3, 0.4) is 0 Å². The molecule has 0 aliphatic carbocycles. The third kappa shape index (κ3) is 1.90. The van der Waals surface area contributed by atoms with Gasteiger partial charge in [-0.2, -0.15) is 4.98 Å². The van der Waals surface area contributed by atoms with E-state index >= 15 is 0 Å². The molecule has 0 spiro atoms. The molecule has 0 atom stereocenters. The lowest BCUT2D eigenvalue weighted by molar-refractivity contribution is 0.961. The maximum Gasteiger partial charge on any atom is 0.282 e. The second-order valence-electron chi connectivity index (χ2n) is 3.38. The van der Waals surface area contributed by atoms with Gasteiger partial charge < -0.3 is 0 Å². The van der Waals surface area contributed by atoms with E-state index in [0.717, 1.165) is 0 Å². The third-order valence-electron chi connectivity index (χ3n) is 2.23. The summed E-state index contributed by atoms with van der Waals surface area (Å²) >= 11 is 1.35. The molecule has 0 saturated carbocycles. The average molecular weight is 244 g/mol. The molecule has 1 N–H and O–H groups in total. The number of anilines is 1. The minimum atomic E-state index is -0.262. The quantitative estimate of drug-likeness (QED) is 0.745. The lowest BCUT2D eigenvalue weighted by atomic mass is 10.4. The van der Waals surface area contributed by atoms with E-state index in [1.54, 1.807) is 23.0 Å². The molecule has 3 rings (SSSR count). The molecule has 0 aliphatic heterocycles. The molecule has 0 fully saturated rings. The minimum Gasteiger partial charge on any atom is -0.269 e. The third-order valence-corrected chi connectivity index (χ3v) is 3.12. The van der Waals surface area contributed by atoms with E-state index in [2.05, 4.69) is 15.4 Å². The summed E-state index contributed by atoms with van der Waals surface area (Å²) in [6, 6.07) is 7.23. The van der Waals surface area contributed by atoms with Crippen LogP contribution in [0, 0.1) is 0 Å². The van der Waals surface area contributed by atoms with E-state index in [1.165, 1.54) is 11.3 Å². The Morgan fingerprint density at radius 3 is 2.88 bits per heavy atom. The topological polar surface area (TPSA) is 59.8 Å². The van der Waals surface area contributed by atoms with E-state index in [9.17, 15) is 4.79 Å². The number of hydrogen-bond donors (Lipinski definition) is 1. The van der Waals surface area contributed by atoms with Crippen molar-refractivity contribution < 1.29 is 0 Å². The van der Waals surface area contributed by atoms with Crippen LogP contribution < -0.4 is 11.0 Å². The molecule has 3 aromatic heterocycles. The summed E-state index contributed by atoms with van der Waals surface area (Å²) in [6.45, 7) is 0. The van der Waals surface area contributed by atoms with Gasteiger partial charge in [0.1, 0.15) is 4.83 Å². The van der Waals surface area contributed by atoms with Crippen molar-refractivity contribution in [2.45, 2.75) is 0 Å². The van der Waals surface area contributed by atoms with Crippen molar-refractivity contribution in [1.82, 2.24) is 14.6 Å². The molecule has 0 aliphatic rings. The summed E-state index contributed by atoms with van der Waals surface area (Å²) in [5.74, 6) is 0. The zero-order valence-corrected chi connectivity index (χ0v) is 9.52. The highest BCUT2D eigenvalue weighted by Crippen LogP contribution is 2.18. The van der Waals surface area contributed by atoms with E-state index in [0.29, 0.717) is 15.3 Å². The van der Waals surface area contributed by atoms with Crippen LogP contribution in [0.15, 0.2) is 47.7 Å². The fourth-order valence-corrected chi connectivity index (χ4v) is 2.31. The van der Waals surface area contributed by atoms with Gasteiger partial charge >= 0.3 is 0 Å². The number of pyridine rings is 1. The fourth-order valence-electron chi connectivity index (χ4n) is 1.47. The second kappa shape index (κ2) is 3.99. The van der Waals surface area contributed by atoms with E-state index in [1.807, 2.05) is 24.5 Å². The monoisotopic (exact) mass is 244 g/mol. The summed E-state index contributed by atoms with van der Waals surface area (Å²) < 4.78 is 1.73. The Hall–Kier alpha value is -2.21. The van der Waals surface area contributed by atoms with Crippen LogP contribution >= 0.6 is 11.3 Å². The van der Waals surface area contributed by atoms with Crippen molar-refractivity contribution in [2.75, 3.05) is 5.43 Å². The molecule has 6 heteroatoms. The average Bonchev–Trinajstić information content (AvgIpc) is 2.82. The normalized spacial score (nSPS) is 10.6. The van der Waals surface area contributed by atoms with Gasteiger partial charge in [-0.1, -0.05) is 11.3 Å². The predicted molar refractivity (Wildman–Crippen MR) is 67.1 cm³/mol. The van der Waals surface area contributed by atoms with Gasteiger partial charge in [0.2, 0.25) is 5.13 Å². The van der Waals surface area contributed by atoms with E-state index < -0.39 is 0 Å². The Labute approximate surface area is 100 Å². The molecule has 0 unspecified atom stereocenters. The van der Waals surface area contributed by atoms with Crippen molar-refractivity contribution >= 4 is 26.7 Å². The molecular weight excluding hydrogens is 236 g/mol.